The van der Waals surface area contributed by atoms with Crippen LogP contribution in [0.1, 0.15) is 40.9 Å². The summed E-state index contributed by atoms with van der Waals surface area (Å²) < 4.78 is 0. The molecule has 0 aliphatic rings. The lowest BCUT2D eigenvalue weighted by Crippen LogP contribution is -2.26. The maximum Gasteiger partial charge on any atom is 0.252 e. The van der Waals surface area contributed by atoms with Crippen molar-refractivity contribution in [2.24, 2.45) is 0 Å². The number of hydrogen-bond acceptors (Lipinski definition) is 4. The Morgan fingerprint density at radius 3 is 2.23 bits per heavy atom. The summed E-state index contributed by atoms with van der Waals surface area (Å²) in [5.41, 5.74) is 3.58. The first-order chi connectivity index (χ1) is 15.2. The van der Waals surface area contributed by atoms with E-state index in [0.29, 0.717) is 17.7 Å². The quantitative estimate of drug-likeness (QED) is 0.489. The molecule has 0 atom stereocenters. The maximum absolute atomic E-state index is 13.0. The van der Waals surface area contributed by atoms with E-state index >= 15 is 0 Å². The van der Waals surface area contributed by atoms with Crippen molar-refractivity contribution in [1.82, 2.24) is 10.2 Å². The van der Waals surface area contributed by atoms with Crippen molar-refractivity contribution in [3.8, 4) is 6.07 Å². The van der Waals surface area contributed by atoms with E-state index in [-0.39, 0.29) is 5.91 Å². The number of benzene rings is 3. The van der Waals surface area contributed by atoms with Crippen LogP contribution in [0, 0.1) is 11.3 Å². The summed E-state index contributed by atoms with van der Waals surface area (Å²) in [4.78, 5) is 17.1. The molecule has 0 aliphatic heterocycles. The molecule has 0 spiro atoms. The van der Waals surface area contributed by atoms with Crippen LogP contribution in [0.15, 0.2) is 82.6 Å². The topological polar surface area (TPSA) is 56.1 Å². The summed E-state index contributed by atoms with van der Waals surface area (Å²) in [6.45, 7) is 7.65. The summed E-state index contributed by atoms with van der Waals surface area (Å²) in [6.07, 6.45) is 0. The van der Waals surface area contributed by atoms with Gasteiger partial charge in [-0.1, -0.05) is 74.1 Å². The molecule has 0 bridgehead atoms. The minimum atomic E-state index is -0.116. The van der Waals surface area contributed by atoms with E-state index in [2.05, 4.69) is 42.3 Å². The Morgan fingerprint density at radius 1 is 0.903 bits per heavy atom. The largest absolute Gasteiger partial charge is 0.348 e. The van der Waals surface area contributed by atoms with Gasteiger partial charge in [-0.3, -0.25) is 9.69 Å². The minimum Gasteiger partial charge on any atom is -0.348 e. The molecule has 3 aromatic carbocycles. The predicted octanol–water partition coefficient (Wildman–Crippen LogP) is 5.48. The third-order valence-corrected chi connectivity index (χ3v) is 6.36. The molecular formula is C26H27N3OS. The van der Waals surface area contributed by atoms with Crippen molar-refractivity contribution < 1.29 is 4.79 Å². The number of nitrogens with zero attached hydrogens (tertiary/aromatic N) is 2. The lowest BCUT2D eigenvalue weighted by atomic mass is 10.1. The van der Waals surface area contributed by atoms with Gasteiger partial charge >= 0.3 is 0 Å². The predicted molar refractivity (Wildman–Crippen MR) is 126 cm³/mol. The smallest absolute Gasteiger partial charge is 0.252 e. The molecule has 31 heavy (non-hydrogen) atoms. The van der Waals surface area contributed by atoms with E-state index in [4.69, 9.17) is 0 Å². The van der Waals surface area contributed by atoms with Crippen molar-refractivity contribution in [1.29, 1.82) is 5.26 Å². The van der Waals surface area contributed by atoms with Gasteiger partial charge in [0.15, 0.2) is 0 Å². The molecule has 0 fully saturated rings. The first-order valence-electron chi connectivity index (χ1n) is 10.5. The first kappa shape index (κ1) is 22.6. The summed E-state index contributed by atoms with van der Waals surface area (Å²) in [7, 11) is 0. The summed E-state index contributed by atoms with van der Waals surface area (Å²) in [5.74, 6) is -0.116. The molecule has 158 valence electrons. The second-order valence-corrected chi connectivity index (χ2v) is 8.20. The van der Waals surface area contributed by atoms with Crippen LogP contribution in [0.2, 0.25) is 0 Å². The van der Waals surface area contributed by atoms with Crippen LogP contribution < -0.4 is 5.32 Å². The van der Waals surface area contributed by atoms with Gasteiger partial charge in [0.1, 0.15) is 6.07 Å². The van der Waals surface area contributed by atoms with Gasteiger partial charge < -0.3 is 5.32 Å². The molecular weight excluding hydrogens is 402 g/mol. The second-order valence-electron chi connectivity index (χ2n) is 7.12. The molecule has 0 saturated carbocycles. The third kappa shape index (κ3) is 5.97. The van der Waals surface area contributed by atoms with Crippen LogP contribution in [0.4, 0.5) is 0 Å². The third-order valence-electron chi connectivity index (χ3n) is 5.21. The van der Waals surface area contributed by atoms with Crippen LogP contribution >= 0.6 is 11.8 Å². The highest BCUT2D eigenvalue weighted by Gasteiger charge is 2.14. The van der Waals surface area contributed by atoms with Gasteiger partial charge in [-0.25, -0.2) is 0 Å². The Labute approximate surface area is 188 Å². The van der Waals surface area contributed by atoms with Gasteiger partial charge in [-0.05, 0) is 48.5 Å². The number of rotatable bonds is 9. The highest BCUT2D eigenvalue weighted by Crippen LogP contribution is 2.32. The van der Waals surface area contributed by atoms with E-state index < -0.39 is 0 Å². The maximum atomic E-state index is 13.0. The fourth-order valence-corrected chi connectivity index (χ4v) is 4.38. The molecule has 0 heterocycles. The fraction of sp³-hybridized carbons (Fsp3) is 0.231. The Kier molecular flexibility index (Phi) is 8.28. The molecule has 0 aromatic heterocycles. The summed E-state index contributed by atoms with van der Waals surface area (Å²) in [6, 6.07) is 25.4. The minimum absolute atomic E-state index is 0.116. The molecule has 0 radical (unpaired) electrons. The van der Waals surface area contributed by atoms with Gasteiger partial charge in [-0.2, -0.15) is 5.26 Å². The second kappa shape index (κ2) is 11.4. The number of carbonyl (C=O) groups is 1. The van der Waals surface area contributed by atoms with E-state index in [1.807, 2.05) is 54.6 Å². The molecule has 1 N–H and O–H groups in total. The standard InChI is InChI=1S/C26H27N3OS/c1-3-29(4-2)19-22-13-6-5-12-21(22)18-28-26(30)23-14-8-10-16-25(23)31-24-15-9-7-11-20(24)17-27/h5-16H,3-4,18-19H2,1-2H3,(H,28,30). The van der Waals surface area contributed by atoms with Gasteiger partial charge in [0.05, 0.1) is 11.1 Å². The van der Waals surface area contributed by atoms with E-state index in [1.165, 1.54) is 17.3 Å². The highest BCUT2D eigenvalue weighted by atomic mass is 32.2. The van der Waals surface area contributed by atoms with Crippen LogP contribution in [-0.2, 0) is 13.1 Å². The molecule has 0 saturated heterocycles. The Hall–Kier alpha value is -3.07. The molecule has 0 aliphatic carbocycles. The lowest BCUT2D eigenvalue weighted by molar-refractivity contribution is 0.0948. The normalized spacial score (nSPS) is 10.6. The highest BCUT2D eigenvalue weighted by molar-refractivity contribution is 7.99. The molecule has 5 heteroatoms. The van der Waals surface area contributed by atoms with Crippen molar-refractivity contribution in [2.45, 2.75) is 36.7 Å². The van der Waals surface area contributed by atoms with Crippen LogP contribution in [0.25, 0.3) is 0 Å². The van der Waals surface area contributed by atoms with Crippen molar-refractivity contribution in [3.63, 3.8) is 0 Å². The van der Waals surface area contributed by atoms with E-state index in [9.17, 15) is 10.1 Å². The van der Waals surface area contributed by atoms with Crippen LogP contribution in [0.5, 0.6) is 0 Å². The molecule has 3 rings (SSSR count). The van der Waals surface area contributed by atoms with Gasteiger partial charge in [0.25, 0.3) is 5.91 Å². The van der Waals surface area contributed by atoms with Gasteiger partial charge in [0, 0.05) is 22.9 Å². The Balaban J connectivity index is 1.75. The Morgan fingerprint density at radius 2 is 1.52 bits per heavy atom. The number of hydrogen-bond donors (Lipinski definition) is 1. The molecule has 4 nitrogen and oxygen atoms in total. The molecule has 0 unspecified atom stereocenters. The fourth-order valence-electron chi connectivity index (χ4n) is 3.35. The average Bonchev–Trinajstić information content (AvgIpc) is 2.82. The van der Waals surface area contributed by atoms with Crippen LogP contribution in [-0.4, -0.2) is 23.9 Å². The Bertz CT molecular complexity index is 1070. The number of carbonyl (C=O) groups excluding carboxylic acids is 1. The van der Waals surface area contributed by atoms with Crippen molar-refractivity contribution in [3.05, 3.63) is 95.1 Å². The number of amides is 1. The zero-order valence-corrected chi connectivity index (χ0v) is 18.8. The van der Waals surface area contributed by atoms with Crippen LogP contribution in [0.3, 0.4) is 0 Å². The van der Waals surface area contributed by atoms with Gasteiger partial charge in [-0.15, -0.1) is 0 Å². The van der Waals surface area contributed by atoms with Gasteiger partial charge in [0.2, 0.25) is 0 Å². The number of nitrogens with one attached hydrogen (secondary N) is 1. The van der Waals surface area contributed by atoms with E-state index in [0.717, 1.165) is 35.0 Å². The first-order valence-corrected chi connectivity index (χ1v) is 11.3. The van der Waals surface area contributed by atoms with E-state index in [1.54, 1.807) is 6.07 Å². The monoisotopic (exact) mass is 429 g/mol. The average molecular weight is 430 g/mol. The molecule has 3 aromatic rings. The molecule has 1 amide bonds. The summed E-state index contributed by atoms with van der Waals surface area (Å²) in [5, 5.41) is 12.4. The number of nitriles is 1. The zero-order valence-electron chi connectivity index (χ0n) is 18.0. The lowest BCUT2D eigenvalue weighted by Gasteiger charge is -2.20. The SMILES string of the molecule is CCN(CC)Cc1ccccc1CNC(=O)c1ccccc1Sc1ccccc1C#N. The summed E-state index contributed by atoms with van der Waals surface area (Å²) >= 11 is 1.44. The van der Waals surface area contributed by atoms with Crippen molar-refractivity contribution in [2.75, 3.05) is 13.1 Å². The van der Waals surface area contributed by atoms with Crippen molar-refractivity contribution >= 4 is 17.7 Å². The zero-order chi connectivity index (χ0) is 22.1.